The predicted octanol–water partition coefficient (Wildman–Crippen LogP) is 2.53. The number of hydrogen-bond acceptors (Lipinski definition) is 2. The molecule has 1 aromatic carbocycles. The SMILES string of the molecule is Cc1ccc(C(N)CC#N)c(C)c1C. The molecule has 0 aliphatic heterocycles. The van der Waals surface area contributed by atoms with Gasteiger partial charge in [-0.3, -0.25) is 0 Å². The van der Waals surface area contributed by atoms with Gasteiger partial charge in [-0.25, -0.2) is 0 Å². The molecule has 0 bridgehead atoms. The first-order chi connectivity index (χ1) is 6.57. The van der Waals surface area contributed by atoms with Gasteiger partial charge in [0, 0.05) is 6.04 Å². The molecular weight excluding hydrogens is 172 g/mol. The van der Waals surface area contributed by atoms with Gasteiger partial charge in [0.05, 0.1) is 12.5 Å². The Morgan fingerprint density at radius 3 is 2.50 bits per heavy atom. The van der Waals surface area contributed by atoms with E-state index < -0.39 is 0 Å². The number of benzene rings is 1. The summed E-state index contributed by atoms with van der Waals surface area (Å²) in [7, 11) is 0. The lowest BCUT2D eigenvalue weighted by atomic mass is 9.94. The molecule has 14 heavy (non-hydrogen) atoms. The normalized spacial score (nSPS) is 12.2. The molecular formula is C12H16N2. The van der Waals surface area contributed by atoms with Crippen LogP contribution in [0.5, 0.6) is 0 Å². The fraction of sp³-hybridized carbons (Fsp3) is 0.417. The topological polar surface area (TPSA) is 49.8 Å². The van der Waals surface area contributed by atoms with Gasteiger partial charge in [-0.1, -0.05) is 12.1 Å². The number of nitriles is 1. The highest BCUT2D eigenvalue weighted by atomic mass is 14.6. The Hall–Kier alpha value is -1.33. The second-order valence-electron chi connectivity index (χ2n) is 3.69. The van der Waals surface area contributed by atoms with Crippen LogP contribution in [0.15, 0.2) is 12.1 Å². The van der Waals surface area contributed by atoms with Gasteiger partial charge in [0.2, 0.25) is 0 Å². The zero-order valence-corrected chi connectivity index (χ0v) is 8.96. The van der Waals surface area contributed by atoms with Crippen molar-refractivity contribution in [1.29, 1.82) is 5.26 Å². The molecule has 0 aliphatic rings. The van der Waals surface area contributed by atoms with Crippen LogP contribution in [-0.4, -0.2) is 0 Å². The lowest BCUT2D eigenvalue weighted by Gasteiger charge is -2.15. The van der Waals surface area contributed by atoms with Gasteiger partial charge in [0.15, 0.2) is 0 Å². The molecule has 0 radical (unpaired) electrons. The molecule has 0 heterocycles. The van der Waals surface area contributed by atoms with Crippen molar-refractivity contribution in [2.24, 2.45) is 5.73 Å². The molecule has 2 N–H and O–H groups in total. The predicted molar refractivity (Wildman–Crippen MR) is 57.8 cm³/mol. The zero-order chi connectivity index (χ0) is 10.7. The first-order valence-electron chi connectivity index (χ1n) is 4.77. The molecule has 1 rings (SSSR count). The molecule has 0 aromatic heterocycles. The number of aryl methyl sites for hydroxylation is 1. The smallest absolute Gasteiger partial charge is 0.0641 e. The van der Waals surface area contributed by atoms with Crippen LogP contribution in [0.2, 0.25) is 0 Å². The summed E-state index contributed by atoms with van der Waals surface area (Å²) >= 11 is 0. The fourth-order valence-corrected chi connectivity index (χ4v) is 1.59. The van der Waals surface area contributed by atoms with E-state index in [0.29, 0.717) is 6.42 Å². The average molecular weight is 188 g/mol. The van der Waals surface area contributed by atoms with Gasteiger partial charge in [-0.2, -0.15) is 5.26 Å². The van der Waals surface area contributed by atoms with E-state index in [-0.39, 0.29) is 6.04 Å². The number of rotatable bonds is 2. The van der Waals surface area contributed by atoms with Crippen molar-refractivity contribution < 1.29 is 0 Å². The Morgan fingerprint density at radius 2 is 1.93 bits per heavy atom. The van der Waals surface area contributed by atoms with Crippen molar-refractivity contribution in [2.45, 2.75) is 33.2 Å². The van der Waals surface area contributed by atoms with Crippen LogP contribution >= 0.6 is 0 Å². The minimum Gasteiger partial charge on any atom is -0.323 e. The van der Waals surface area contributed by atoms with Crippen LogP contribution in [-0.2, 0) is 0 Å². The Labute approximate surface area is 85.4 Å². The summed E-state index contributed by atoms with van der Waals surface area (Å²) in [5.74, 6) is 0. The lowest BCUT2D eigenvalue weighted by Crippen LogP contribution is -2.11. The van der Waals surface area contributed by atoms with Gasteiger partial charge in [-0.05, 0) is 43.0 Å². The van der Waals surface area contributed by atoms with E-state index in [1.54, 1.807) is 0 Å². The standard InChI is InChI=1S/C12H16N2/c1-8-4-5-11(10(3)9(8)2)12(14)6-7-13/h4-5,12H,6,14H2,1-3H3. The van der Waals surface area contributed by atoms with Crippen molar-refractivity contribution in [3.8, 4) is 6.07 Å². The number of hydrogen-bond donors (Lipinski definition) is 1. The molecule has 2 heteroatoms. The maximum Gasteiger partial charge on any atom is 0.0641 e. The summed E-state index contributed by atoms with van der Waals surface area (Å²) in [6.07, 6.45) is 0.378. The van der Waals surface area contributed by atoms with Crippen LogP contribution < -0.4 is 5.73 Å². The van der Waals surface area contributed by atoms with E-state index >= 15 is 0 Å². The highest BCUT2D eigenvalue weighted by molar-refractivity contribution is 5.40. The third-order valence-corrected chi connectivity index (χ3v) is 2.81. The first-order valence-corrected chi connectivity index (χ1v) is 4.77. The van der Waals surface area contributed by atoms with Crippen molar-refractivity contribution in [3.63, 3.8) is 0 Å². The summed E-state index contributed by atoms with van der Waals surface area (Å²) in [6.45, 7) is 6.24. The molecule has 2 nitrogen and oxygen atoms in total. The highest BCUT2D eigenvalue weighted by Crippen LogP contribution is 2.23. The van der Waals surface area contributed by atoms with Crippen molar-refractivity contribution >= 4 is 0 Å². The largest absolute Gasteiger partial charge is 0.323 e. The summed E-state index contributed by atoms with van der Waals surface area (Å²) in [5.41, 5.74) is 10.8. The van der Waals surface area contributed by atoms with Crippen LogP contribution in [0.4, 0.5) is 0 Å². The first kappa shape index (κ1) is 10.7. The van der Waals surface area contributed by atoms with Crippen molar-refractivity contribution in [3.05, 3.63) is 34.4 Å². The molecule has 0 fully saturated rings. The van der Waals surface area contributed by atoms with Crippen molar-refractivity contribution in [1.82, 2.24) is 0 Å². The van der Waals surface area contributed by atoms with Crippen LogP contribution in [0.1, 0.15) is 34.7 Å². The Morgan fingerprint density at radius 1 is 1.29 bits per heavy atom. The molecule has 0 spiro atoms. The van der Waals surface area contributed by atoms with Crippen LogP contribution in [0, 0.1) is 32.1 Å². The molecule has 1 atom stereocenters. The monoisotopic (exact) mass is 188 g/mol. The van der Waals surface area contributed by atoms with Gasteiger partial charge in [-0.15, -0.1) is 0 Å². The number of nitrogens with zero attached hydrogens (tertiary/aromatic N) is 1. The third-order valence-electron chi connectivity index (χ3n) is 2.81. The van der Waals surface area contributed by atoms with E-state index in [1.165, 1.54) is 16.7 Å². The quantitative estimate of drug-likeness (QED) is 0.775. The van der Waals surface area contributed by atoms with Gasteiger partial charge >= 0.3 is 0 Å². The Kier molecular flexibility index (Phi) is 3.27. The van der Waals surface area contributed by atoms with E-state index in [0.717, 1.165) is 5.56 Å². The van der Waals surface area contributed by atoms with Gasteiger partial charge in [0.25, 0.3) is 0 Å². The van der Waals surface area contributed by atoms with Crippen molar-refractivity contribution in [2.75, 3.05) is 0 Å². The summed E-state index contributed by atoms with van der Waals surface area (Å²) < 4.78 is 0. The van der Waals surface area contributed by atoms with E-state index in [9.17, 15) is 0 Å². The Balaban J connectivity index is 3.12. The fourth-order valence-electron chi connectivity index (χ4n) is 1.59. The average Bonchev–Trinajstić information content (AvgIpc) is 2.15. The Bertz CT molecular complexity index is 375. The van der Waals surface area contributed by atoms with Gasteiger partial charge in [0.1, 0.15) is 0 Å². The number of nitrogens with two attached hydrogens (primary N) is 1. The van der Waals surface area contributed by atoms with E-state index in [4.69, 9.17) is 11.0 Å². The minimum absolute atomic E-state index is 0.153. The second-order valence-corrected chi connectivity index (χ2v) is 3.69. The molecule has 0 amide bonds. The molecule has 0 saturated heterocycles. The second kappa shape index (κ2) is 4.26. The van der Waals surface area contributed by atoms with Crippen LogP contribution in [0.3, 0.4) is 0 Å². The molecule has 0 aliphatic carbocycles. The maximum atomic E-state index is 8.58. The summed E-state index contributed by atoms with van der Waals surface area (Å²) in [6, 6.07) is 6.04. The third kappa shape index (κ3) is 1.94. The highest BCUT2D eigenvalue weighted by Gasteiger charge is 2.10. The van der Waals surface area contributed by atoms with Gasteiger partial charge < -0.3 is 5.73 Å². The molecule has 0 saturated carbocycles. The summed E-state index contributed by atoms with van der Waals surface area (Å²) in [4.78, 5) is 0. The maximum absolute atomic E-state index is 8.58. The zero-order valence-electron chi connectivity index (χ0n) is 8.96. The summed E-state index contributed by atoms with van der Waals surface area (Å²) in [5, 5.41) is 8.58. The van der Waals surface area contributed by atoms with E-state index in [2.05, 4.69) is 32.9 Å². The molecule has 1 aromatic rings. The van der Waals surface area contributed by atoms with E-state index in [1.807, 2.05) is 6.07 Å². The minimum atomic E-state index is -0.153. The lowest BCUT2D eigenvalue weighted by molar-refractivity contribution is 0.740. The molecule has 1 unspecified atom stereocenters. The molecule has 74 valence electrons. The van der Waals surface area contributed by atoms with Crippen LogP contribution in [0.25, 0.3) is 0 Å².